The van der Waals surface area contributed by atoms with E-state index in [2.05, 4.69) is 103 Å². The molecule has 0 atom stereocenters. The molecule has 4 rings (SSSR count). The summed E-state index contributed by atoms with van der Waals surface area (Å²) in [6.45, 7) is 4.65. The van der Waals surface area contributed by atoms with Crippen LogP contribution in [-0.4, -0.2) is 0 Å². The second-order valence-corrected chi connectivity index (χ2v) is 7.57. The van der Waals surface area contributed by atoms with Gasteiger partial charge in [0.1, 0.15) is 0 Å². The van der Waals surface area contributed by atoms with E-state index in [9.17, 15) is 0 Å². The first kappa shape index (κ1) is 14.0. The van der Waals surface area contributed by atoms with E-state index in [1.54, 1.807) is 0 Å². The van der Waals surface area contributed by atoms with Crippen molar-refractivity contribution in [2.75, 3.05) is 0 Å². The van der Waals surface area contributed by atoms with Gasteiger partial charge in [-0.25, -0.2) is 0 Å². The summed E-state index contributed by atoms with van der Waals surface area (Å²) in [4.78, 5) is 0. The van der Waals surface area contributed by atoms with Crippen molar-refractivity contribution in [3.05, 3.63) is 81.4 Å². The van der Waals surface area contributed by atoms with Crippen LogP contribution in [0.2, 0.25) is 0 Å². The topological polar surface area (TPSA) is 0 Å². The zero-order chi connectivity index (χ0) is 15.3. The van der Waals surface area contributed by atoms with Crippen molar-refractivity contribution in [2.45, 2.75) is 19.3 Å². The zero-order valence-electron chi connectivity index (χ0n) is 12.7. The molecule has 0 fully saturated rings. The van der Waals surface area contributed by atoms with Crippen molar-refractivity contribution >= 4 is 22.6 Å². The predicted molar refractivity (Wildman–Crippen MR) is 102 cm³/mol. The molecule has 0 spiro atoms. The van der Waals surface area contributed by atoms with E-state index < -0.39 is 0 Å². The molecule has 0 radical (unpaired) electrons. The molecule has 0 saturated carbocycles. The van der Waals surface area contributed by atoms with Crippen molar-refractivity contribution in [1.82, 2.24) is 0 Å². The highest BCUT2D eigenvalue weighted by Crippen LogP contribution is 2.49. The van der Waals surface area contributed by atoms with Crippen LogP contribution in [0.1, 0.15) is 25.0 Å². The fraction of sp³-hybridized carbons (Fsp3) is 0.143. The van der Waals surface area contributed by atoms with Gasteiger partial charge in [-0.05, 0) is 68.1 Å². The maximum atomic E-state index is 2.42. The third-order valence-corrected chi connectivity index (χ3v) is 5.71. The molecule has 0 aromatic heterocycles. The van der Waals surface area contributed by atoms with Crippen molar-refractivity contribution in [1.29, 1.82) is 0 Å². The summed E-state index contributed by atoms with van der Waals surface area (Å²) in [5, 5.41) is 0. The molecule has 0 amide bonds. The molecule has 0 bridgehead atoms. The molecule has 0 saturated heterocycles. The molecule has 1 aliphatic carbocycles. The lowest BCUT2D eigenvalue weighted by Crippen LogP contribution is -2.14. The average Bonchev–Trinajstić information content (AvgIpc) is 2.76. The minimum Gasteiger partial charge on any atom is -0.0619 e. The normalized spacial score (nSPS) is 14.5. The summed E-state index contributed by atoms with van der Waals surface area (Å²) in [6.07, 6.45) is 0. The SMILES string of the molecule is CC1(C)c2ccccc2-c2cc(-c3ccccc3I)ccc21. The van der Waals surface area contributed by atoms with E-state index in [4.69, 9.17) is 0 Å². The van der Waals surface area contributed by atoms with Gasteiger partial charge >= 0.3 is 0 Å². The summed E-state index contributed by atoms with van der Waals surface area (Å²) < 4.78 is 1.30. The molecular formula is C21H17I. The van der Waals surface area contributed by atoms with Crippen LogP contribution in [0.5, 0.6) is 0 Å². The smallest absolute Gasteiger partial charge is 0.0208 e. The minimum absolute atomic E-state index is 0.0916. The lowest BCUT2D eigenvalue weighted by atomic mass is 9.82. The van der Waals surface area contributed by atoms with Gasteiger partial charge in [0.05, 0.1) is 0 Å². The Balaban J connectivity index is 1.97. The van der Waals surface area contributed by atoms with Crippen LogP contribution in [0.3, 0.4) is 0 Å². The van der Waals surface area contributed by atoms with Gasteiger partial charge in [-0.1, -0.05) is 68.4 Å². The van der Waals surface area contributed by atoms with Gasteiger partial charge in [-0.3, -0.25) is 0 Å². The van der Waals surface area contributed by atoms with Crippen LogP contribution in [0, 0.1) is 3.57 Å². The Labute approximate surface area is 145 Å². The molecule has 0 nitrogen and oxygen atoms in total. The van der Waals surface area contributed by atoms with Crippen molar-refractivity contribution in [2.24, 2.45) is 0 Å². The van der Waals surface area contributed by atoms with Crippen LogP contribution in [-0.2, 0) is 5.41 Å². The Morgan fingerprint density at radius 1 is 0.682 bits per heavy atom. The highest BCUT2D eigenvalue weighted by Gasteiger charge is 2.35. The maximum Gasteiger partial charge on any atom is 0.0208 e. The summed E-state index contributed by atoms with van der Waals surface area (Å²) in [5.74, 6) is 0. The Morgan fingerprint density at radius 3 is 2.09 bits per heavy atom. The van der Waals surface area contributed by atoms with Gasteiger partial charge in [0.15, 0.2) is 0 Å². The fourth-order valence-electron chi connectivity index (χ4n) is 3.58. The first-order chi connectivity index (χ1) is 10.6. The van der Waals surface area contributed by atoms with E-state index >= 15 is 0 Å². The summed E-state index contributed by atoms with van der Waals surface area (Å²) >= 11 is 2.42. The molecule has 0 heterocycles. The third-order valence-electron chi connectivity index (χ3n) is 4.77. The molecule has 1 aliphatic rings. The molecule has 108 valence electrons. The fourth-order valence-corrected chi connectivity index (χ4v) is 4.28. The van der Waals surface area contributed by atoms with Gasteiger partial charge in [-0.2, -0.15) is 0 Å². The van der Waals surface area contributed by atoms with Gasteiger partial charge < -0.3 is 0 Å². The molecule has 0 N–H and O–H groups in total. The maximum absolute atomic E-state index is 2.42. The van der Waals surface area contributed by atoms with Gasteiger partial charge in [-0.15, -0.1) is 0 Å². The predicted octanol–water partition coefficient (Wildman–Crippen LogP) is 6.26. The first-order valence-corrected chi connectivity index (χ1v) is 8.66. The minimum atomic E-state index is 0.0916. The lowest BCUT2D eigenvalue weighted by Gasteiger charge is -2.21. The van der Waals surface area contributed by atoms with Crippen molar-refractivity contribution in [3.8, 4) is 22.3 Å². The number of halogens is 1. The highest BCUT2D eigenvalue weighted by molar-refractivity contribution is 14.1. The van der Waals surface area contributed by atoms with Crippen molar-refractivity contribution in [3.63, 3.8) is 0 Å². The summed E-state index contributed by atoms with van der Waals surface area (Å²) in [7, 11) is 0. The molecule has 3 aromatic rings. The van der Waals surface area contributed by atoms with E-state index in [0.29, 0.717) is 0 Å². The summed E-state index contributed by atoms with van der Waals surface area (Å²) in [6, 6.07) is 24.3. The number of rotatable bonds is 1. The Hall–Kier alpha value is -1.61. The lowest BCUT2D eigenvalue weighted by molar-refractivity contribution is 0.660. The summed E-state index contributed by atoms with van der Waals surface area (Å²) in [5.41, 5.74) is 8.35. The highest BCUT2D eigenvalue weighted by atomic mass is 127. The van der Waals surface area contributed by atoms with E-state index in [-0.39, 0.29) is 5.41 Å². The Morgan fingerprint density at radius 2 is 1.32 bits per heavy atom. The Kier molecular flexibility index (Phi) is 3.15. The third kappa shape index (κ3) is 1.95. The number of benzene rings is 3. The van der Waals surface area contributed by atoms with E-state index in [0.717, 1.165) is 0 Å². The molecule has 0 unspecified atom stereocenters. The largest absolute Gasteiger partial charge is 0.0619 e. The molecule has 22 heavy (non-hydrogen) atoms. The van der Waals surface area contributed by atoms with Crippen LogP contribution in [0.4, 0.5) is 0 Å². The van der Waals surface area contributed by atoms with Gasteiger partial charge in [0, 0.05) is 8.99 Å². The second-order valence-electron chi connectivity index (χ2n) is 6.41. The van der Waals surface area contributed by atoms with Crippen LogP contribution < -0.4 is 0 Å². The molecule has 1 heteroatoms. The van der Waals surface area contributed by atoms with Gasteiger partial charge in [0.2, 0.25) is 0 Å². The molecule has 3 aromatic carbocycles. The first-order valence-electron chi connectivity index (χ1n) is 7.58. The van der Waals surface area contributed by atoms with Crippen molar-refractivity contribution < 1.29 is 0 Å². The number of hydrogen-bond acceptors (Lipinski definition) is 0. The average molecular weight is 396 g/mol. The number of hydrogen-bond donors (Lipinski definition) is 0. The number of fused-ring (bicyclic) bond motifs is 3. The zero-order valence-corrected chi connectivity index (χ0v) is 14.9. The molecular weight excluding hydrogens is 379 g/mol. The van der Waals surface area contributed by atoms with Crippen LogP contribution >= 0.6 is 22.6 Å². The second kappa shape index (κ2) is 4.95. The van der Waals surface area contributed by atoms with Gasteiger partial charge in [0.25, 0.3) is 0 Å². The molecule has 0 aliphatic heterocycles. The standard InChI is InChI=1S/C21H17I/c1-21(2)18-9-5-3-8-16(18)17-13-14(11-12-19(17)21)15-7-4-6-10-20(15)22/h3-13H,1-2H3. The van der Waals surface area contributed by atoms with E-state index in [1.807, 2.05) is 0 Å². The quantitative estimate of drug-likeness (QED) is 0.426. The van der Waals surface area contributed by atoms with Crippen LogP contribution in [0.15, 0.2) is 66.7 Å². The Bertz CT molecular complexity index is 875. The van der Waals surface area contributed by atoms with Crippen LogP contribution in [0.25, 0.3) is 22.3 Å². The van der Waals surface area contributed by atoms with E-state index in [1.165, 1.54) is 37.0 Å². The monoisotopic (exact) mass is 396 g/mol.